The topological polar surface area (TPSA) is 22.1 Å². The summed E-state index contributed by atoms with van der Waals surface area (Å²) >= 11 is 2.20. The average molecular weight is 261 g/mol. The van der Waals surface area contributed by atoms with E-state index >= 15 is 0 Å². The van der Waals surface area contributed by atoms with Crippen molar-refractivity contribution in [3.05, 3.63) is 34.7 Å². The number of hydrogen-bond donors (Lipinski definition) is 0. The highest BCUT2D eigenvalue weighted by Crippen LogP contribution is 2.17. The summed E-state index contributed by atoms with van der Waals surface area (Å²) in [7, 11) is 0. The Hall–Kier alpha value is -0.580. The van der Waals surface area contributed by atoms with E-state index in [-0.39, 0.29) is 0 Å². The molecule has 0 spiro atoms. The Balaban J connectivity index is 2.69. The average Bonchev–Trinajstić information content (AvgIpc) is 2.03. The summed E-state index contributed by atoms with van der Waals surface area (Å²) in [4.78, 5) is 3.93. The van der Waals surface area contributed by atoms with Crippen molar-refractivity contribution in [3.63, 3.8) is 0 Å². The van der Waals surface area contributed by atoms with Gasteiger partial charge in [0, 0.05) is 6.20 Å². The second-order valence-electron chi connectivity index (χ2n) is 1.91. The molecule has 1 rings (SSSR count). The highest BCUT2D eigenvalue weighted by Gasteiger charge is 1.96. The molecule has 58 valence electrons. The van der Waals surface area contributed by atoms with Crippen LogP contribution in [0.4, 0.5) is 0 Å². The van der Waals surface area contributed by atoms with Crippen molar-refractivity contribution in [2.24, 2.45) is 0 Å². The first-order valence-electron chi connectivity index (χ1n) is 3.18. The summed E-state index contributed by atoms with van der Waals surface area (Å²) in [5, 5.41) is 0. The third-order valence-corrected chi connectivity index (χ3v) is 1.98. The van der Waals surface area contributed by atoms with Crippen LogP contribution in [0, 0.1) is 3.57 Å². The van der Waals surface area contributed by atoms with Crippen molar-refractivity contribution < 1.29 is 4.74 Å². The molecule has 11 heavy (non-hydrogen) atoms. The molecule has 1 aromatic heterocycles. The minimum Gasteiger partial charge on any atom is -0.487 e. The molecule has 0 atom stereocenters. The molecular weight excluding hydrogens is 253 g/mol. The minimum absolute atomic E-state index is 0.529. The molecule has 1 aromatic rings. The van der Waals surface area contributed by atoms with Gasteiger partial charge in [-0.3, -0.25) is 4.98 Å². The Morgan fingerprint density at radius 1 is 1.73 bits per heavy atom. The summed E-state index contributed by atoms with van der Waals surface area (Å²) in [6.07, 6.45) is 5.15. The first kappa shape index (κ1) is 8.52. The molecule has 0 radical (unpaired) electrons. The smallest absolute Gasteiger partial charge is 0.151 e. The molecule has 0 bridgehead atoms. The SMILES string of the molecule is C=CCOc1cnccc1I. The second-order valence-corrected chi connectivity index (χ2v) is 3.07. The molecule has 0 saturated carbocycles. The van der Waals surface area contributed by atoms with Gasteiger partial charge in [0.15, 0.2) is 5.75 Å². The van der Waals surface area contributed by atoms with Crippen molar-refractivity contribution in [1.29, 1.82) is 0 Å². The lowest BCUT2D eigenvalue weighted by molar-refractivity contribution is 0.359. The Kier molecular flexibility index (Phi) is 3.35. The molecule has 0 aliphatic rings. The molecule has 2 nitrogen and oxygen atoms in total. The third kappa shape index (κ3) is 2.49. The molecule has 1 heterocycles. The molecule has 0 saturated heterocycles. The fourth-order valence-electron chi connectivity index (χ4n) is 0.618. The number of aromatic nitrogens is 1. The lowest BCUT2D eigenvalue weighted by Gasteiger charge is -2.02. The highest BCUT2D eigenvalue weighted by atomic mass is 127. The van der Waals surface area contributed by atoms with Gasteiger partial charge < -0.3 is 4.74 Å². The van der Waals surface area contributed by atoms with Crippen LogP contribution in [0.25, 0.3) is 0 Å². The number of pyridine rings is 1. The van der Waals surface area contributed by atoms with Gasteiger partial charge in [0.1, 0.15) is 6.61 Å². The van der Waals surface area contributed by atoms with Crippen LogP contribution >= 0.6 is 22.6 Å². The Labute approximate surface area is 79.4 Å². The number of halogens is 1. The summed E-state index contributed by atoms with van der Waals surface area (Å²) in [5.74, 6) is 0.813. The van der Waals surface area contributed by atoms with Gasteiger partial charge in [0.05, 0.1) is 9.77 Å². The molecule has 3 heteroatoms. The fraction of sp³-hybridized carbons (Fsp3) is 0.125. The van der Waals surface area contributed by atoms with Crippen LogP contribution in [0.2, 0.25) is 0 Å². The molecule has 0 aliphatic carbocycles. The minimum atomic E-state index is 0.529. The lowest BCUT2D eigenvalue weighted by atomic mass is 10.5. The van der Waals surface area contributed by atoms with Gasteiger partial charge in [0.25, 0.3) is 0 Å². The molecule has 0 aromatic carbocycles. The van der Waals surface area contributed by atoms with Crippen LogP contribution in [0.3, 0.4) is 0 Å². The van der Waals surface area contributed by atoms with E-state index in [4.69, 9.17) is 4.74 Å². The maximum atomic E-state index is 5.30. The maximum Gasteiger partial charge on any atom is 0.151 e. The van der Waals surface area contributed by atoms with Crippen molar-refractivity contribution in [3.8, 4) is 5.75 Å². The third-order valence-electron chi connectivity index (χ3n) is 1.09. The van der Waals surface area contributed by atoms with E-state index in [9.17, 15) is 0 Å². The lowest BCUT2D eigenvalue weighted by Crippen LogP contribution is -1.94. The standard InChI is InChI=1S/C8H8INO/c1-2-5-11-8-6-10-4-3-7(8)9/h2-4,6H,1,5H2. The summed E-state index contributed by atoms with van der Waals surface area (Å²) < 4.78 is 6.37. The number of rotatable bonds is 3. The first-order chi connectivity index (χ1) is 5.34. The Morgan fingerprint density at radius 3 is 3.18 bits per heavy atom. The van der Waals surface area contributed by atoms with Gasteiger partial charge in [-0.1, -0.05) is 12.7 Å². The first-order valence-corrected chi connectivity index (χ1v) is 4.25. The quantitative estimate of drug-likeness (QED) is 0.615. The van der Waals surface area contributed by atoms with Crippen LogP contribution in [0.15, 0.2) is 31.1 Å². The van der Waals surface area contributed by atoms with E-state index in [1.54, 1.807) is 18.5 Å². The van der Waals surface area contributed by atoms with E-state index in [0.717, 1.165) is 9.32 Å². The van der Waals surface area contributed by atoms with Crippen molar-refractivity contribution in [2.45, 2.75) is 0 Å². The van der Waals surface area contributed by atoms with Crippen molar-refractivity contribution in [2.75, 3.05) is 6.61 Å². The second kappa shape index (κ2) is 4.33. The van der Waals surface area contributed by atoms with Gasteiger partial charge in [0.2, 0.25) is 0 Å². The normalized spacial score (nSPS) is 9.18. The van der Waals surface area contributed by atoms with Gasteiger partial charge in [-0.25, -0.2) is 0 Å². The van der Waals surface area contributed by atoms with Crippen LogP contribution in [-0.2, 0) is 0 Å². The predicted octanol–water partition coefficient (Wildman–Crippen LogP) is 2.25. The van der Waals surface area contributed by atoms with Crippen molar-refractivity contribution in [1.82, 2.24) is 4.98 Å². The van der Waals surface area contributed by atoms with Gasteiger partial charge in [-0.05, 0) is 28.7 Å². The van der Waals surface area contributed by atoms with Crippen molar-refractivity contribution >= 4 is 22.6 Å². The molecule has 0 unspecified atom stereocenters. The fourth-order valence-corrected chi connectivity index (χ4v) is 1.07. The van der Waals surface area contributed by atoms with E-state index in [2.05, 4.69) is 34.2 Å². The number of hydrogen-bond acceptors (Lipinski definition) is 2. The Morgan fingerprint density at radius 2 is 2.55 bits per heavy atom. The zero-order chi connectivity index (χ0) is 8.10. The van der Waals surface area contributed by atoms with Crippen LogP contribution in [0.5, 0.6) is 5.75 Å². The number of nitrogens with zero attached hydrogens (tertiary/aromatic N) is 1. The highest BCUT2D eigenvalue weighted by molar-refractivity contribution is 14.1. The summed E-state index contributed by atoms with van der Waals surface area (Å²) in [5.41, 5.74) is 0. The van der Waals surface area contributed by atoms with E-state index in [1.165, 1.54) is 0 Å². The zero-order valence-corrected chi connectivity index (χ0v) is 8.11. The van der Waals surface area contributed by atoms with Crippen LogP contribution in [-0.4, -0.2) is 11.6 Å². The summed E-state index contributed by atoms with van der Waals surface area (Å²) in [6, 6.07) is 1.90. The van der Waals surface area contributed by atoms with Crippen LogP contribution in [0.1, 0.15) is 0 Å². The van der Waals surface area contributed by atoms with Gasteiger partial charge >= 0.3 is 0 Å². The molecule has 0 aliphatic heterocycles. The number of ether oxygens (including phenoxy) is 1. The van der Waals surface area contributed by atoms with E-state index < -0.39 is 0 Å². The molecular formula is C8H8INO. The Bertz CT molecular complexity index is 250. The molecule has 0 amide bonds. The van der Waals surface area contributed by atoms with Crippen LogP contribution < -0.4 is 4.74 Å². The van der Waals surface area contributed by atoms with E-state index in [0.29, 0.717) is 6.61 Å². The monoisotopic (exact) mass is 261 g/mol. The zero-order valence-electron chi connectivity index (χ0n) is 5.96. The maximum absolute atomic E-state index is 5.30. The molecule has 0 fully saturated rings. The largest absolute Gasteiger partial charge is 0.487 e. The summed E-state index contributed by atoms with van der Waals surface area (Å²) in [6.45, 7) is 4.09. The predicted molar refractivity (Wildman–Crippen MR) is 52.6 cm³/mol. The molecule has 0 N–H and O–H groups in total. The van der Waals surface area contributed by atoms with Gasteiger partial charge in [-0.2, -0.15) is 0 Å². The van der Waals surface area contributed by atoms with E-state index in [1.807, 2.05) is 6.07 Å². The van der Waals surface area contributed by atoms with Gasteiger partial charge in [-0.15, -0.1) is 0 Å².